The van der Waals surface area contributed by atoms with E-state index < -0.39 is 49.0 Å². The number of nitrogens with zero attached hydrogens (tertiary/aromatic N) is 1. The quantitative estimate of drug-likeness (QED) is 0.615. The Morgan fingerprint density at radius 2 is 2.08 bits per heavy atom. The van der Waals surface area contributed by atoms with E-state index >= 15 is 0 Å². The Kier molecular flexibility index (Phi) is 5.89. The second-order valence-corrected chi connectivity index (χ2v) is 6.08. The number of carbonyl (C=O) groups is 2. The molecule has 3 amide bonds. The monoisotopic (exact) mass is 373 g/mol. The number of likely N-dealkylation sites (tertiary alicyclic amines) is 1. The molecule has 0 bridgehead atoms. The molecule has 0 aliphatic carbocycles. The molecule has 3 N–H and O–H groups in total. The van der Waals surface area contributed by atoms with Gasteiger partial charge in [0.05, 0.1) is 0 Å². The lowest BCUT2D eigenvalue weighted by molar-refractivity contribution is -0.199. The molecular weight excluding hydrogens is 354 g/mol. The Labute approximate surface area is 147 Å². The summed E-state index contributed by atoms with van der Waals surface area (Å²) in [5, 5.41) is 2.14. The van der Waals surface area contributed by atoms with Crippen molar-refractivity contribution < 1.29 is 27.2 Å². The molecule has 1 saturated heterocycles. The molecular formula is C17H19F4N3O2. The second kappa shape index (κ2) is 7.76. The van der Waals surface area contributed by atoms with Crippen LogP contribution in [0.1, 0.15) is 24.0 Å². The number of allylic oxidation sites excluding steroid dienone is 1. The Balaban J connectivity index is 2.33. The van der Waals surface area contributed by atoms with E-state index in [4.69, 9.17) is 5.73 Å². The molecule has 1 aromatic carbocycles. The lowest BCUT2D eigenvalue weighted by Crippen LogP contribution is -2.60. The van der Waals surface area contributed by atoms with Gasteiger partial charge in [0.15, 0.2) is 0 Å². The predicted molar refractivity (Wildman–Crippen MR) is 86.4 cm³/mol. The van der Waals surface area contributed by atoms with Crippen molar-refractivity contribution in [2.24, 2.45) is 5.73 Å². The molecule has 2 rings (SSSR count). The maximum absolute atomic E-state index is 14.1. The van der Waals surface area contributed by atoms with Crippen molar-refractivity contribution >= 4 is 11.9 Å². The number of halogens is 4. The van der Waals surface area contributed by atoms with Crippen LogP contribution in [0.4, 0.5) is 22.4 Å². The number of hydrogen-bond donors (Lipinski definition) is 2. The van der Waals surface area contributed by atoms with Crippen molar-refractivity contribution in [2.75, 3.05) is 0 Å². The number of alkyl halides is 3. The Morgan fingerprint density at radius 3 is 2.65 bits per heavy atom. The molecule has 26 heavy (non-hydrogen) atoms. The van der Waals surface area contributed by atoms with Gasteiger partial charge in [-0.15, -0.1) is 6.58 Å². The molecule has 1 aliphatic heterocycles. The summed E-state index contributed by atoms with van der Waals surface area (Å²) < 4.78 is 54.1. The summed E-state index contributed by atoms with van der Waals surface area (Å²) in [6.45, 7) is 3.00. The molecule has 0 radical (unpaired) electrons. The summed E-state index contributed by atoms with van der Waals surface area (Å²) in [5.41, 5.74) is 5.60. The van der Waals surface area contributed by atoms with Crippen molar-refractivity contribution in [3.05, 3.63) is 47.8 Å². The highest BCUT2D eigenvalue weighted by molar-refractivity contribution is 5.87. The topological polar surface area (TPSA) is 75.4 Å². The summed E-state index contributed by atoms with van der Waals surface area (Å²) in [6, 6.07) is -0.174. The first-order valence-electron chi connectivity index (χ1n) is 7.95. The Morgan fingerprint density at radius 1 is 1.38 bits per heavy atom. The average Bonchev–Trinajstić information content (AvgIpc) is 2.53. The van der Waals surface area contributed by atoms with Gasteiger partial charge in [0.2, 0.25) is 5.91 Å². The lowest BCUT2D eigenvalue weighted by Gasteiger charge is -2.40. The Hall–Kier alpha value is -2.58. The van der Waals surface area contributed by atoms with Gasteiger partial charge in [-0.3, -0.25) is 4.79 Å². The van der Waals surface area contributed by atoms with Crippen molar-refractivity contribution in [2.45, 2.75) is 44.1 Å². The zero-order valence-corrected chi connectivity index (χ0v) is 13.9. The summed E-state index contributed by atoms with van der Waals surface area (Å²) in [7, 11) is 0. The molecule has 2 atom stereocenters. The minimum absolute atomic E-state index is 0.0355. The number of benzene rings is 1. The SMILES string of the molecule is C=CCc1ccc(F)c(CN2C(=O)[C@H](NC(N)=O)CC[C@H]2C(F)(F)F)c1. The number of primary amides is 1. The van der Waals surface area contributed by atoms with E-state index in [9.17, 15) is 27.2 Å². The van der Waals surface area contributed by atoms with Crippen LogP contribution >= 0.6 is 0 Å². The zero-order valence-electron chi connectivity index (χ0n) is 13.9. The molecule has 0 saturated carbocycles. The van der Waals surface area contributed by atoms with Gasteiger partial charge >= 0.3 is 12.2 Å². The van der Waals surface area contributed by atoms with Gasteiger partial charge in [0.25, 0.3) is 0 Å². The van der Waals surface area contributed by atoms with E-state index in [0.29, 0.717) is 16.9 Å². The molecule has 5 nitrogen and oxygen atoms in total. The van der Waals surface area contributed by atoms with Crippen LogP contribution in [0.25, 0.3) is 0 Å². The van der Waals surface area contributed by atoms with E-state index in [2.05, 4.69) is 11.9 Å². The fourth-order valence-electron chi connectivity index (χ4n) is 3.02. The first-order valence-corrected chi connectivity index (χ1v) is 7.95. The predicted octanol–water partition coefficient (Wildman–Crippen LogP) is 2.64. The van der Waals surface area contributed by atoms with Gasteiger partial charge in [-0.05, 0) is 30.9 Å². The fourth-order valence-corrected chi connectivity index (χ4v) is 3.02. The molecule has 0 unspecified atom stereocenters. The van der Waals surface area contributed by atoms with Crippen molar-refractivity contribution in [1.29, 1.82) is 0 Å². The van der Waals surface area contributed by atoms with Crippen LogP contribution in [0.5, 0.6) is 0 Å². The van der Waals surface area contributed by atoms with Crippen LogP contribution < -0.4 is 11.1 Å². The van der Waals surface area contributed by atoms with Crippen LogP contribution in [-0.2, 0) is 17.8 Å². The molecule has 1 aromatic rings. The second-order valence-electron chi connectivity index (χ2n) is 6.08. The number of piperidine rings is 1. The first-order chi connectivity index (χ1) is 12.1. The molecule has 1 fully saturated rings. The number of hydrogen-bond acceptors (Lipinski definition) is 2. The maximum Gasteiger partial charge on any atom is 0.408 e. The number of nitrogens with one attached hydrogen (secondary N) is 1. The van der Waals surface area contributed by atoms with Gasteiger partial charge in [-0.25, -0.2) is 9.18 Å². The van der Waals surface area contributed by atoms with Gasteiger partial charge in [-0.1, -0.05) is 18.2 Å². The minimum atomic E-state index is -4.66. The number of rotatable bonds is 5. The van der Waals surface area contributed by atoms with Crippen molar-refractivity contribution in [3.8, 4) is 0 Å². The zero-order chi connectivity index (χ0) is 19.5. The van der Waals surface area contributed by atoms with Crippen molar-refractivity contribution in [1.82, 2.24) is 10.2 Å². The highest BCUT2D eigenvalue weighted by Gasteiger charge is 2.49. The van der Waals surface area contributed by atoms with Crippen LogP contribution in [0, 0.1) is 5.82 Å². The van der Waals surface area contributed by atoms with Crippen LogP contribution in [-0.4, -0.2) is 35.1 Å². The van der Waals surface area contributed by atoms with E-state index in [1.807, 2.05) is 0 Å². The summed E-state index contributed by atoms with van der Waals surface area (Å²) in [6.07, 6.45) is -3.28. The third-order valence-electron chi connectivity index (χ3n) is 4.21. The smallest absolute Gasteiger partial charge is 0.352 e. The lowest BCUT2D eigenvalue weighted by atomic mass is 9.95. The summed E-state index contributed by atoms with van der Waals surface area (Å²) in [5.74, 6) is -1.65. The fraction of sp³-hybridized carbons (Fsp3) is 0.412. The van der Waals surface area contributed by atoms with Gasteiger partial charge < -0.3 is 16.0 Å². The van der Waals surface area contributed by atoms with E-state index in [1.54, 1.807) is 6.08 Å². The highest BCUT2D eigenvalue weighted by atomic mass is 19.4. The van der Waals surface area contributed by atoms with Crippen LogP contribution in [0.3, 0.4) is 0 Å². The van der Waals surface area contributed by atoms with Crippen LogP contribution in [0.2, 0.25) is 0 Å². The average molecular weight is 373 g/mol. The number of nitrogens with two attached hydrogens (primary N) is 1. The standard InChI is InChI=1S/C17H19F4N3O2/c1-2-3-10-4-5-12(18)11(8-10)9-24-14(17(19,20)21)7-6-13(15(24)25)23-16(22)26/h2,4-5,8,13-14H,1,3,6-7,9H2,(H3,22,23,26)/t13-,14+/m1/s1. The van der Waals surface area contributed by atoms with Crippen LogP contribution in [0.15, 0.2) is 30.9 Å². The molecule has 9 heteroatoms. The molecule has 1 aliphatic rings. The maximum atomic E-state index is 14.1. The number of carbonyl (C=O) groups excluding carboxylic acids is 2. The van der Waals surface area contributed by atoms with Gasteiger partial charge in [0.1, 0.15) is 17.9 Å². The normalized spacial score (nSPS) is 20.8. The molecule has 0 spiro atoms. The number of amides is 3. The summed E-state index contributed by atoms with van der Waals surface area (Å²) in [4.78, 5) is 24.0. The third kappa shape index (κ3) is 4.53. The number of urea groups is 1. The van der Waals surface area contributed by atoms with E-state index in [1.165, 1.54) is 12.1 Å². The third-order valence-corrected chi connectivity index (χ3v) is 4.21. The minimum Gasteiger partial charge on any atom is -0.352 e. The van der Waals surface area contributed by atoms with Gasteiger partial charge in [-0.2, -0.15) is 13.2 Å². The van der Waals surface area contributed by atoms with E-state index in [-0.39, 0.29) is 12.0 Å². The van der Waals surface area contributed by atoms with Crippen molar-refractivity contribution in [3.63, 3.8) is 0 Å². The summed E-state index contributed by atoms with van der Waals surface area (Å²) >= 11 is 0. The molecule has 142 valence electrons. The highest BCUT2D eigenvalue weighted by Crippen LogP contribution is 2.34. The largest absolute Gasteiger partial charge is 0.408 e. The first kappa shape index (κ1) is 19.7. The molecule has 0 aromatic heterocycles. The van der Waals surface area contributed by atoms with Gasteiger partial charge in [0, 0.05) is 12.1 Å². The Bertz CT molecular complexity index is 706. The van der Waals surface area contributed by atoms with E-state index in [0.717, 1.165) is 6.07 Å². The molecule has 1 heterocycles.